The lowest BCUT2D eigenvalue weighted by atomic mass is 10.1. The Morgan fingerprint density at radius 2 is 1.79 bits per heavy atom. The molecule has 0 spiro atoms. The van der Waals surface area contributed by atoms with Crippen LogP contribution in [-0.2, 0) is 15.0 Å². The van der Waals surface area contributed by atoms with Crippen molar-refractivity contribution >= 4 is 33.6 Å². The van der Waals surface area contributed by atoms with Gasteiger partial charge in [0.15, 0.2) is 0 Å². The van der Waals surface area contributed by atoms with Crippen LogP contribution >= 0.6 is 0 Å². The predicted octanol–water partition coefficient (Wildman–Crippen LogP) is 2.86. The van der Waals surface area contributed by atoms with E-state index >= 15 is 0 Å². The SMILES string of the molecule is Cc1ccccc1/C=C/C(=O)NCCN1c2ccccc2N(C2CC2)S1(=O)=O. The fraction of sp³-hybridized carbons (Fsp3) is 0.286. The van der Waals surface area contributed by atoms with Crippen LogP contribution in [0.5, 0.6) is 0 Å². The molecule has 0 atom stereocenters. The minimum atomic E-state index is -3.59. The highest BCUT2D eigenvalue weighted by molar-refractivity contribution is 7.94. The first kappa shape index (κ1) is 18.6. The van der Waals surface area contributed by atoms with E-state index in [0.717, 1.165) is 29.7 Å². The van der Waals surface area contributed by atoms with Crippen molar-refractivity contribution in [1.29, 1.82) is 0 Å². The highest BCUT2D eigenvalue weighted by atomic mass is 32.2. The molecule has 1 N–H and O–H groups in total. The highest BCUT2D eigenvalue weighted by Crippen LogP contribution is 2.46. The summed E-state index contributed by atoms with van der Waals surface area (Å²) in [5, 5.41) is 2.78. The van der Waals surface area contributed by atoms with Crippen LogP contribution in [0.15, 0.2) is 54.6 Å². The summed E-state index contributed by atoms with van der Waals surface area (Å²) in [4.78, 5) is 12.1. The van der Waals surface area contributed by atoms with E-state index in [1.54, 1.807) is 6.08 Å². The number of fused-ring (bicyclic) bond motifs is 1. The molecule has 2 aromatic rings. The molecule has 1 aliphatic heterocycles. The predicted molar refractivity (Wildman–Crippen MR) is 111 cm³/mol. The molecule has 0 saturated heterocycles. The van der Waals surface area contributed by atoms with Crippen LogP contribution in [0.3, 0.4) is 0 Å². The molecule has 2 aromatic carbocycles. The van der Waals surface area contributed by atoms with Crippen molar-refractivity contribution in [1.82, 2.24) is 5.32 Å². The zero-order valence-corrected chi connectivity index (χ0v) is 16.5. The summed E-state index contributed by atoms with van der Waals surface area (Å²) in [6.07, 6.45) is 5.02. The van der Waals surface area contributed by atoms with E-state index < -0.39 is 10.2 Å². The molecule has 1 heterocycles. The molecular formula is C21H23N3O3S. The van der Waals surface area contributed by atoms with Crippen LogP contribution in [0.2, 0.25) is 0 Å². The Hall–Kier alpha value is -2.80. The number of anilines is 2. The second kappa shape index (κ2) is 7.31. The summed E-state index contributed by atoms with van der Waals surface area (Å²) in [5.74, 6) is -0.243. The van der Waals surface area contributed by atoms with Crippen LogP contribution in [-0.4, -0.2) is 33.5 Å². The van der Waals surface area contributed by atoms with Crippen LogP contribution < -0.4 is 13.9 Å². The molecule has 146 valence electrons. The molecule has 0 aromatic heterocycles. The van der Waals surface area contributed by atoms with Gasteiger partial charge >= 0.3 is 10.2 Å². The van der Waals surface area contributed by atoms with Gasteiger partial charge in [-0.05, 0) is 49.1 Å². The average molecular weight is 398 g/mol. The maximum Gasteiger partial charge on any atom is 0.326 e. The molecule has 2 aliphatic rings. The zero-order valence-electron chi connectivity index (χ0n) is 15.7. The lowest BCUT2D eigenvalue weighted by Gasteiger charge is -2.21. The molecule has 28 heavy (non-hydrogen) atoms. The fourth-order valence-corrected chi connectivity index (χ4v) is 5.35. The largest absolute Gasteiger partial charge is 0.351 e. The molecule has 1 fully saturated rings. The second-order valence-electron chi connectivity index (χ2n) is 7.08. The Balaban J connectivity index is 1.41. The number of nitrogens with one attached hydrogen (secondary N) is 1. The lowest BCUT2D eigenvalue weighted by molar-refractivity contribution is -0.116. The molecule has 0 bridgehead atoms. The van der Waals surface area contributed by atoms with Gasteiger partial charge in [-0.15, -0.1) is 0 Å². The Morgan fingerprint density at radius 1 is 1.11 bits per heavy atom. The van der Waals surface area contributed by atoms with Gasteiger partial charge in [-0.3, -0.25) is 4.79 Å². The number of nitrogens with zero attached hydrogens (tertiary/aromatic N) is 2. The molecule has 0 radical (unpaired) electrons. The van der Waals surface area contributed by atoms with Gasteiger partial charge in [-0.2, -0.15) is 8.42 Å². The molecule has 7 heteroatoms. The van der Waals surface area contributed by atoms with Gasteiger partial charge in [-0.1, -0.05) is 36.4 Å². The average Bonchev–Trinajstić information content (AvgIpc) is 3.47. The number of amides is 1. The second-order valence-corrected chi connectivity index (χ2v) is 8.81. The smallest absolute Gasteiger partial charge is 0.326 e. The topological polar surface area (TPSA) is 69.7 Å². The molecule has 0 unspecified atom stereocenters. The van der Waals surface area contributed by atoms with Gasteiger partial charge < -0.3 is 5.32 Å². The Labute approximate surface area is 165 Å². The summed E-state index contributed by atoms with van der Waals surface area (Å²) in [6.45, 7) is 2.43. The highest BCUT2D eigenvalue weighted by Gasteiger charge is 2.47. The van der Waals surface area contributed by atoms with E-state index in [9.17, 15) is 13.2 Å². The molecule has 6 nitrogen and oxygen atoms in total. The molecule has 1 saturated carbocycles. The lowest BCUT2D eigenvalue weighted by Crippen LogP contribution is -2.42. The number of carbonyl (C=O) groups is 1. The van der Waals surface area contributed by atoms with Gasteiger partial charge in [0, 0.05) is 18.7 Å². The number of hydrogen-bond acceptors (Lipinski definition) is 3. The monoisotopic (exact) mass is 397 g/mol. The van der Waals surface area contributed by atoms with Crippen molar-refractivity contribution in [2.75, 3.05) is 21.7 Å². The Kier molecular flexibility index (Phi) is 4.85. The standard InChI is InChI=1S/C21H23N3O3S/c1-16-6-2-3-7-17(16)10-13-21(25)22-14-15-23-19-8-4-5-9-20(19)24(18-11-12-18)28(23,26)27/h2-10,13,18H,11-12,14-15H2,1H3,(H,22,25)/b13-10+. The maximum absolute atomic E-state index is 13.0. The van der Waals surface area contributed by atoms with E-state index in [1.165, 1.54) is 14.7 Å². The minimum Gasteiger partial charge on any atom is -0.351 e. The van der Waals surface area contributed by atoms with Crippen LogP contribution in [0.25, 0.3) is 6.08 Å². The fourth-order valence-electron chi connectivity index (χ4n) is 3.42. The first-order valence-corrected chi connectivity index (χ1v) is 10.8. The van der Waals surface area contributed by atoms with Crippen LogP contribution in [0.1, 0.15) is 24.0 Å². The number of rotatable bonds is 6. The first-order chi connectivity index (χ1) is 13.5. The van der Waals surface area contributed by atoms with Crippen molar-refractivity contribution in [3.8, 4) is 0 Å². The van der Waals surface area contributed by atoms with E-state index in [2.05, 4.69) is 5.32 Å². The molecule has 4 rings (SSSR count). The van der Waals surface area contributed by atoms with Gasteiger partial charge in [0.2, 0.25) is 5.91 Å². The van der Waals surface area contributed by atoms with Crippen LogP contribution in [0, 0.1) is 6.92 Å². The van der Waals surface area contributed by atoms with E-state index in [-0.39, 0.29) is 25.0 Å². The first-order valence-electron chi connectivity index (χ1n) is 9.41. The number of benzene rings is 2. The Bertz CT molecular complexity index is 1030. The minimum absolute atomic E-state index is 0.0581. The number of carbonyl (C=O) groups excluding carboxylic acids is 1. The third-order valence-corrected chi connectivity index (χ3v) is 6.94. The number of aryl methyl sites for hydroxylation is 1. The van der Waals surface area contributed by atoms with Gasteiger partial charge in [0.05, 0.1) is 17.9 Å². The maximum atomic E-state index is 13.0. The third kappa shape index (κ3) is 3.49. The Morgan fingerprint density at radius 3 is 2.50 bits per heavy atom. The third-order valence-electron chi connectivity index (χ3n) is 5.01. The summed E-state index contributed by atoms with van der Waals surface area (Å²) in [5.41, 5.74) is 3.48. The normalized spacial score (nSPS) is 17.8. The quantitative estimate of drug-likeness (QED) is 0.762. The summed E-state index contributed by atoms with van der Waals surface area (Å²) >= 11 is 0. The van der Waals surface area contributed by atoms with Crippen molar-refractivity contribution in [2.45, 2.75) is 25.8 Å². The number of hydrogen-bond donors (Lipinski definition) is 1. The van der Waals surface area contributed by atoms with Gasteiger partial charge in [-0.25, -0.2) is 8.61 Å². The summed E-state index contributed by atoms with van der Waals surface area (Å²) < 4.78 is 28.9. The molecule has 1 aliphatic carbocycles. The van der Waals surface area contributed by atoms with Crippen molar-refractivity contribution in [3.63, 3.8) is 0 Å². The van der Waals surface area contributed by atoms with E-state index in [1.807, 2.05) is 55.5 Å². The summed E-state index contributed by atoms with van der Waals surface area (Å²) in [6, 6.07) is 15.2. The molecule has 1 amide bonds. The van der Waals surface area contributed by atoms with Crippen molar-refractivity contribution in [2.24, 2.45) is 0 Å². The van der Waals surface area contributed by atoms with Crippen molar-refractivity contribution < 1.29 is 13.2 Å². The van der Waals surface area contributed by atoms with E-state index in [0.29, 0.717) is 5.69 Å². The van der Waals surface area contributed by atoms with Gasteiger partial charge in [0.1, 0.15) is 0 Å². The van der Waals surface area contributed by atoms with Crippen LogP contribution in [0.4, 0.5) is 11.4 Å². The van der Waals surface area contributed by atoms with E-state index in [4.69, 9.17) is 0 Å². The summed E-state index contributed by atoms with van der Waals surface area (Å²) in [7, 11) is -3.59. The zero-order chi connectivity index (χ0) is 19.7. The number of para-hydroxylation sites is 2. The molecular weight excluding hydrogens is 374 g/mol. The van der Waals surface area contributed by atoms with Gasteiger partial charge in [0.25, 0.3) is 0 Å². The van der Waals surface area contributed by atoms with Crippen molar-refractivity contribution in [3.05, 3.63) is 65.7 Å².